The molecule has 14 heavy (non-hydrogen) atoms. The van der Waals surface area contributed by atoms with Gasteiger partial charge in [0.2, 0.25) is 0 Å². The Morgan fingerprint density at radius 2 is 2.14 bits per heavy atom. The fourth-order valence-corrected chi connectivity index (χ4v) is 2.57. The average molecular weight is 206 g/mol. The van der Waals surface area contributed by atoms with E-state index in [1.165, 1.54) is 11.3 Å². The fraction of sp³-hybridized carbons (Fsp3) is 0.100. The molecule has 4 heteroatoms. The number of primary amides is 1. The lowest BCUT2D eigenvalue weighted by atomic mass is 10.1. The van der Waals surface area contributed by atoms with Gasteiger partial charge in [0, 0.05) is 10.1 Å². The lowest BCUT2D eigenvalue weighted by molar-refractivity contribution is 0.100. The summed E-state index contributed by atoms with van der Waals surface area (Å²) in [6.45, 7) is 1.99. The maximum atomic E-state index is 11.2. The molecule has 4 N–H and O–H groups in total. The molecule has 0 aliphatic rings. The number of nitrogen functional groups attached to an aromatic ring is 1. The molecule has 0 atom stereocenters. The number of rotatable bonds is 1. The Balaban J connectivity index is 2.90. The molecule has 1 amide bonds. The van der Waals surface area contributed by atoms with Crippen LogP contribution in [0.2, 0.25) is 0 Å². The second-order valence-corrected chi connectivity index (χ2v) is 4.21. The van der Waals surface area contributed by atoms with E-state index in [-0.39, 0.29) is 0 Å². The molecule has 0 aliphatic carbocycles. The number of anilines is 1. The number of amides is 1. The largest absolute Gasteiger partial charge is 0.390 e. The molecule has 0 unspecified atom stereocenters. The third-order valence-electron chi connectivity index (χ3n) is 2.19. The average Bonchev–Trinajstić information content (AvgIpc) is 2.42. The Kier molecular flexibility index (Phi) is 1.93. The van der Waals surface area contributed by atoms with Crippen LogP contribution in [0.3, 0.4) is 0 Å². The normalized spacial score (nSPS) is 10.6. The molecule has 0 saturated heterocycles. The Hall–Kier alpha value is -1.55. The maximum Gasteiger partial charge on any atom is 0.252 e. The van der Waals surface area contributed by atoms with Gasteiger partial charge in [-0.2, -0.15) is 0 Å². The number of carbonyl (C=O) groups excluding carboxylic acids is 1. The van der Waals surface area contributed by atoms with Gasteiger partial charge in [0.15, 0.2) is 0 Å². The molecule has 2 aromatic rings. The highest BCUT2D eigenvalue weighted by atomic mass is 32.1. The number of hydrogen-bond donors (Lipinski definition) is 2. The van der Waals surface area contributed by atoms with E-state index in [2.05, 4.69) is 0 Å². The topological polar surface area (TPSA) is 69.1 Å². The van der Waals surface area contributed by atoms with Crippen LogP contribution in [0.5, 0.6) is 0 Å². The van der Waals surface area contributed by atoms with Crippen LogP contribution in [0.25, 0.3) is 10.1 Å². The molecule has 1 heterocycles. The van der Waals surface area contributed by atoms with Gasteiger partial charge in [-0.1, -0.05) is 18.2 Å². The monoisotopic (exact) mass is 206 g/mol. The predicted molar refractivity (Wildman–Crippen MR) is 59.5 cm³/mol. The molecule has 0 spiro atoms. The third-order valence-corrected chi connectivity index (χ3v) is 3.36. The van der Waals surface area contributed by atoms with E-state index in [9.17, 15) is 4.79 Å². The molecular weight excluding hydrogens is 196 g/mol. The van der Waals surface area contributed by atoms with E-state index in [0.29, 0.717) is 10.6 Å². The van der Waals surface area contributed by atoms with Gasteiger partial charge in [-0.3, -0.25) is 4.79 Å². The minimum atomic E-state index is -0.459. The van der Waals surface area contributed by atoms with Crippen LogP contribution in [0, 0.1) is 6.92 Å². The highest BCUT2D eigenvalue weighted by molar-refractivity contribution is 7.23. The van der Waals surface area contributed by atoms with Crippen LogP contribution in [-0.4, -0.2) is 5.91 Å². The zero-order valence-corrected chi connectivity index (χ0v) is 8.52. The molecule has 0 bridgehead atoms. The van der Waals surface area contributed by atoms with Gasteiger partial charge in [-0.05, 0) is 12.5 Å². The number of aryl methyl sites for hydroxylation is 1. The van der Waals surface area contributed by atoms with Crippen molar-refractivity contribution in [3.05, 3.63) is 29.3 Å². The van der Waals surface area contributed by atoms with Crippen molar-refractivity contribution in [2.45, 2.75) is 6.92 Å². The highest BCUT2D eigenvalue weighted by Gasteiger charge is 2.14. The van der Waals surface area contributed by atoms with Crippen molar-refractivity contribution in [2.75, 3.05) is 5.73 Å². The Bertz CT molecular complexity index is 516. The van der Waals surface area contributed by atoms with Crippen molar-refractivity contribution in [3.63, 3.8) is 0 Å². The Morgan fingerprint density at radius 3 is 2.79 bits per heavy atom. The van der Waals surface area contributed by atoms with Gasteiger partial charge in [0.1, 0.15) is 0 Å². The summed E-state index contributed by atoms with van der Waals surface area (Å²) in [5.74, 6) is -0.459. The first-order valence-electron chi connectivity index (χ1n) is 4.18. The van der Waals surface area contributed by atoms with Crippen LogP contribution < -0.4 is 11.5 Å². The van der Waals surface area contributed by atoms with Crippen molar-refractivity contribution < 1.29 is 4.79 Å². The third kappa shape index (κ3) is 1.15. The molecule has 1 aromatic carbocycles. The number of hydrogen-bond acceptors (Lipinski definition) is 3. The number of carbonyl (C=O) groups is 1. The van der Waals surface area contributed by atoms with Crippen LogP contribution in [0.4, 0.5) is 5.00 Å². The first-order valence-corrected chi connectivity index (χ1v) is 5.00. The van der Waals surface area contributed by atoms with Crippen LogP contribution in [0.1, 0.15) is 15.9 Å². The summed E-state index contributed by atoms with van der Waals surface area (Å²) in [4.78, 5) is 11.2. The second-order valence-electron chi connectivity index (χ2n) is 3.16. The number of benzene rings is 1. The molecule has 0 saturated carbocycles. The summed E-state index contributed by atoms with van der Waals surface area (Å²) in [6, 6.07) is 5.76. The van der Waals surface area contributed by atoms with E-state index in [4.69, 9.17) is 11.5 Å². The van der Waals surface area contributed by atoms with Crippen LogP contribution in [0.15, 0.2) is 18.2 Å². The number of thiophene rings is 1. The van der Waals surface area contributed by atoms with E-state index in [1.54, 1.807) is 0 Å². The van der Waals surface area contributed by atoms with E-state index in [0.717, 1.165) is 15.6 Å². The minimum absolute atomic E-state index is 0.453. The van der Waals surface area contributed by atoms with Gasteiger partial charge >= 0.3 is 0 Å². The highest BCUT2D eigenvalue weighted by Crippen LogP contribution is 2.34. The van der Waals surface area contributed by atoms with Crippen molar-refractivity contribution in [2.24, 2.45) is 5.73 Å². The fourth-order valence-electron chi connectivity index (χ4n) is 1.53. The van der Waals surface area contributed by atoms with Crippen LogP contribution in [-0.2, 0) is 0 Å². The standard InChI is InChI=1S/C10H10N2OS/c1-5-3-2-4-6-7(9(11)13)10(12)14-8(5)6/h2-4H,12H2,1H3,(H2,11,13). The van der Waals surface area contributed by atoms with Gasteiger partial charge in [0.05, 0.1) is 10.6 Å². The zero-order valence-electron chi connectivity index (χ0n) is 7.70. The van der Waals surface area contributed by atoms with Gasteiger partial charge in [-0.25, -0.2) is 0 Å². The Labute approximate surface area is 85.3 Å². The maximum absolute atomic E-state index is 11.2. The lowest BCUT2D eigenvalue weighted by Gasteiger charge is -1.95. The van der Waals surface area contributed by atoms with Crippen LogP contribution >= 0.6 is 11.3 Å². The summed E-state index contributed by atoms with van der Waals surface area (Å²) in [5, 5.41) is 1.36. The molecule has 0 radical (unpaired) electrons. The quantitative estimate of drug-likeness (QED) is 0.748. The molecule has 0 fully saturated rings. The predicted octanol–water partition coefficient (Wildman–Crippen LogP) is 1.89. The van der Waals surface area contributed by atoms with E-state index >= 15 is 0 Å². The molecule has 72 valence electrons. The van der Waals surface area contributed by atoms with Gasteiger partial charge < -0.3 is 11.5 Å². The van der Waals surface area contributed by atoms with E-state index < -0.39 is 5.91 Å². The summed E-state index contributed by atoms with van der Waals surface area (Å²) >= 11 is 1.41. The Morgan fingerprint density at radius 1 is 1.43 bits per heavy atom. The number of fused-ring (bicyclic) bond motifs is 1. The molecule has 3 nitrogen and oxygen atoms in total. The van der Waals surface area contributed by atoms with Gasteiger partial charge in [0.25, 0.3) is 5.91 Å². The van der Waals surface area contributed by atoms with Crippen molar-refractivity contribution in [1.29, 1.82) is 0 Å². The summed E-state index contributed by atoms with van der Waals surface area (Å²) in [7, 11) is 0. The van der Waals surface area contributed by atoms with Crippen molar-refractivity contribution in [3.8, 4) is 0 Å². The summed E-state index contributed by atoms with van der Waals surface area (Å²) in [6.07, 6.45) is 0. The molecular formula is C10H10N2OS. The second kappa shape index (κ2) is 2.99. The summed E-state index contributed by atoms with van der Waals surface area (Å²) in [5.41, 5.74) is 12.6. The first kappa shape index (κ1) is 9.02. The SMILES string of the molecule is Cc1cccc2c(C(N)=O)c(N)sc12. The van der Waals surface area contributed by atoms with Crippen molar-refractivity contribution >= 4 is 32.3 Å². The molecule has 0 aliphatic heterocycles. The van der Waals surface area contributed by atoms with Gasteiger partial charge in [-0.15, -0.1) is 11.3 Å². The zero-order chi connectivity index (χ0) is 10.3. The molecule has 2 rings (SSSR count). The lowest BCUT2D eigenvalue weighted by Crippen LogP contribution is -2.11. The summed E-state index contributed by atoms with van der Waals surface area (Å²) < 4.78 is 1.04. The van der Waals surface area contributed by atoms with Crippen molar-refractivity contribution in [1.82, 2.24) is 0 Å². The molecule has 1 aromatic heterocycles. The first-order chi connectivity index (χ1) is 6.61. The smallest absolute Gasteiger partial charge is 0.252 e. The number of nitrogens with two attached hydrogens (primary N) is 2. The van der Waals surface area contributed by atoms with E-state index in [1.807, 2.05) is 25.1 Å². The minimum Gasteiger partial charge on any atom is -0.390 e.